The van der Waals surface area contributed by atoms with Crippen molar-refractivity contribution < 1.29 is 17.9 Å². The van der Waals surface area contributed by atoms with E-state index in [9.17, 15) is 8.42 Å². The van der Waals surface area contributed by atoms with Gasteiger partial charge >= 0.3 is 0 Å². The molecule has 7 heteroatoms. The summed E-state index contributed by atoms with van der Waals surface area (Å²) in [5, 5.41) is 0. The average molecular weight is 342 g/mol. The van der Waals surface area contributed by atoms with E-state index in [2.05, 4.69) is 0 Å². The van der Waals surface area contributed by atoms with Crippen LogP contribution in [0.5, 0.6) is 11.5 Å². The molecule has 2 aromatic rings. The molecule has 0 aliphatic rings. The highest BCUT2D eigenvalue weighted by Gasteiger charge is 2.23. The molecule has 0 bridgehead atoms. The van der Waals surface area contributed by atoms with E-state index >= 15 is 0 Å². The van der Waals surface area contributed by atoms with Crippen LogP contribution in [0.3, 0.4) is 0 Å². The third-order valence-electron chi connectivity index (χ3n) is 3.06. The number of ether oxygens (including phenoxy) is 2. The third-order valence-corrected chi connectivity index (χ3v) is 5.24. The molecule has 0 aliphatic carbocycles. The highest BCUT2D eigenvalue weighted by atomic mass is 35.5. The molecule has 0 N–H and O–H groups in total. The average Bonchev–Trinajstić information content (AvgIpc) is 2.55. The fraction of sp³-hybridized carbons (Fsp3) is 0.200. The van der Waals surface area contributed by atoms with Crippen LogP contribution in [0.1, 0.15) is 5.56 Å². The van der Waals surface area contributed by atoms with Gasteiger partial charge in [-0.3, -0.25) is 0 Å². The van der Waals surface area contributed by atoms with Gasteiger partial charge < -0.3 is 9.47 Å². The Morgan fingerprint density at radius 2 is 1.64 bits per heavy atom. The maximum atomic E-state index is 12.4. The van der Waals surface area contributed by atoms with Gasteiger partial charge in [0.15, 0.2) is 11.5 Å². The Bertz CT molecular complexity index is 734. The molecule has 118 valence electrons. The SMILES string of the molecule is COc1ccc(CN(Cl)S(=O)(=O)c2ccccc2)cc1OC. The van der Waals surface area contributed by atoms with Gasteiger partial charge in [-0.1, -0.05) is 24.3 Å². The van der Waals surface area contributed by atoms with E-state index in [0.717, 1.165) is 3.82 Å². The van der Waals surface area contributed by atoms with Crippen LogP contribution in [-0.4, -0.2) is 26.5 Å². The minimum atomic E-state index is -3.75. The molecule has 2 aromatic carbocycles. The normalized spacial score (nSPS) is 11.5. The highest BCUT2D eigenvalue weighted by molar-refractivity contribution is 7.90. The first-order valence-electron chi connectivity index (χ1n) is 6.43. The summed E-state index contributed by atoms with van der Waals surface area (Å²) >= 11 is 5.98. The lowest BCUT2D eigenvalue weighted by Crippen LogP contribution is -2.21. The van der Waals surface area contributed by atoms with E-state index in [1.165, 1.54) is 26.4 Å². The van der Waals surface area contributed by atoms with Crippen molar-refractivity contribution in [3.63, 3.8) is 0 Å². The van der Waals surface area contributed by atoms with Crippen molar-refractivity contribution in [2.45, 2.75) is 11.4 Å². The molecule has 0 radical (unpaired) electrons. The molecule has 0 saturated carbocycles. The molecule has 0 heterocycles. The van der Waals surface area contributed by atoms with Gasteiger partial charge in [-0.25, -0.2) is 8.42 Å². The number of nitrogens with zero attached hydrogens (tertiary/aromatic N) is 1. The second-order valence-corrected chi connectivity index (χ2v) is 6.92. The molecular formula is C15H16ClNO4S. The summed E-state index contributed by atoms with van der Waals surface area (Å²) in [6.45, 7) is 0.0130. The molecule has 2 rings (SSSR count). The van der Waals surface area contributed by atoms with Crippen molar-refractivity contribution in [3.05, 3.63) is 54.1 Å². The predicted molar refractivity (Wildman–Crippen MR) is 84.6 cm³/mol. The Labute approximate surface area is 135 Å². The van der Waals surface area contributed by atoms with E-state index < -0.39 is 10.0 Å². The molecule has 0 atom stereocenters. The Hall–Kier alpha value is -1.76. The topological polar surface area (TPSA) is 55.8 Å². The highest BCUT2D eigenvalue weighted by Crippen LogP contribution is 2.29. The van der Waals surface area contributed by atoms with Crippen molar-refractivity contribution >= 4 is 21.8 Å². The van der Waals surface area contributed by atoms with E-state index in [0.29, 0.717) is 17.1 Å². The summed E-state index contributed by atoms with van der Waals surface area (Å²) in [7, 11) is -0.698. The van der Waals surface area contributed by atoms with Crippen LogP contribution in [0.4, 0.5) is 0 Å². The van der Waals surface area contributed by atoms with Gasteiger partial charge in [0.2, 0.25) is 0 Å². The summed E-state index contributed by atoms with van der Waals surface area (Å²) < 4.78 is 35.8. The number of hydrogen-bond acceptors (Lipinski definition) is 4. The Balaban J connectivity index is 2.23. The van der Waals surface area contributed by atoms with Crippen LogP contribution in [0, 0.1) is 0 Å². The van der Waals surface area contributed by atoms with E-state index in [1.54, 1.807) is 36.4 Å². The number of methoxy groups -OCH3 is 2. The van der Waals surface area contributed by atoms with Gasteiger partial charge in [-0.05, 0) is 41.6 Å². The Morgan fingerprint density at radius 3 is 2.23 bits per heavy atom. The zero-order valence-electron chi connectivity index (χ0n) is 12.2. The summed E-state index contributed by atoms with van der Waals surface area (Å²) in [4.78, 5) is 0.144. The monoisotopic (exact) mass is 341 g/mol. The summed E-state index contributed by atoms with van der Waals surface area (Å²) in [6.07, 6.45) is 0. The van der Waals surface area contributed by atoms with E-state index in [-0.39, 0.29) is 11.4 Å². The van der Waals surface area contributed by atoms with Crippen LogP contribution in [0.2, 0.25) is 0 Å². The van der Waals surface area contributed by atoms with Gasteiger partial charge in [-0.2, -0.15) is 0 Å². The van der Waals surface area contributed by atoms with Crippen LogP contribution in [0.25, 0.3) is 0 Å². The fourth-order valence-electron chi connectivity index (χ4n) is 1.91. The van der Waals surface area contributed by atoms with Gasteiger partial charge in [0.25, 0.3) is 10.0 Å². The fourth-order valence-corrected chi connectivity index (χ4v) is 3.34. The minimum absolute atomic E-state index is 0.0130. The number of benzene rings is 2. The van der Waals surface area contributed by atoms with Crippen LogP contribution in [-0.2, 0) is 16.6 Å². The lowest BCUT2D eigenvalue weighted by Gasteiger charge is -2.15. The first kappa shape index (κ1) is 16.6. The maximum absolute atomic E-state index is 12.4. The lowest BCUT2D eigenvalue weighted by molar-refractivity contribution is 0.354. The van der Waals surface area contributed by atoms with Gasteiger partial charge in [0.1, 0.15) is 0 Å². The smallest absolute Gasteiger partial charge is 0.256 e. The number of hydrogen-bond donors (Lipinski definition) is 0. The second kappa shape index (κ2) is 7.00. The first-order chi connectivity index (χ1) is 10.5. The molecule has 0 amide bonds. The molecule has 22 heavy (non-hydrogen) atoms. The van der Waals surface area contributed by atoms with Gasteiger partial charge in [0.05, 0.1) is 25.7 Å². The maximum Gasteiger partial charge on any atom is 0.256 e. The van der Waals surface area contributed by atoms with Crippen molar-refractivity contribution in [3.8, 4) is 11.5 Å². The largest absolute Gasteiger partial charge is 0.493 e. The van der Waals surface area contributed by atoms with Gasteiger partial charge in [-0.15, -0.1) is 3.82 Å². The Kier molecular flexibility index (Phi) is 5.28. The molecule has 0 unspecified atom stereocenters. The lowest BCUT2D eigenvalue weighted by atomic mass is 10.2. The summed E-state index contributed by atoms with van der Waals surface area (Å²) in [5.74, 6) is 1.08. The van der Waals surface area contributed by atoms with Crippen molar-refractivity contribution in [2.75, 3.05) is 14.2 Å². The molecule has 0 fully saturated rings. The quantitative estimate of drug-likeness (QED) is 0.758. The third kappa shape index (κ3) is 3.52. The molecule has 0 aromatic heterocycles. The van der Waals surface area contributed by atoms with E-state index in [1.807, 2.05) is 0 Å². The van der Waals surface area contributed by atoms with Gasteiger partial charge in [0, 0.05) is 0 Å². The zero-order valence-corrected chi connectivity index (χ0v) is 13.8. The molecular weight excluding hydrogens is 326 g/mol. The van der Waals surface area contributed by atoms with Crippen molar-refractivity contribution in [2.24, 2.45) is 0 Å². The summed E-state index contributed by atoms with van der Waals surface area (Å²) in [5.41, 5.74) is 0.687. The first-order valence-corrected chi connectivity index (χ1v) is 8.21. The van der Waals surface area contributed by atoms with E-state index in [4.69, 9.17) is 21.3 Å². The number of sulfonamides is 1. The molecule has 0 aliphatic heterocycles. The van der Waals surface area contributed by atoms with Crippen LogP contribution < -0.4 is 9.47 Å². The standard InChI is InChI=1S/C15H16ClNO4S/c1-20-14-9-8-12(10-15(14)21-2)11-17(16)22(18,19)13-6-4-3-5-7-13/h3-10H,11H2,1-2H3. The minimum Gasteiger partial charge on any atom is -0.493 e. The second-order valence-electron chi connectivity index (χ2n) is 4.45. The molecule has 5 nitrogen and oxygen atoms in total. The predicted octanol–water partition coefficient (Wildman–Crippen LogP) is 3.05. The zero-order chi connectivity index (χ0) is 16.2. The number of rotatable bonds is 6. The Morgan fingerprint density at radius 1 is 1.00 bits per heavy atom. The summed E-state index contributed by atoms with van der Waals surface area (Å²) in [6, 6.07) is 13.2. The number of halogens is 1. The van der Waals surface area contributed by atoms with Crippen molar-refractivity contribution in [1.29, 1.82) is 0 Å². The van der Waals surface area contributed by atoms with Crippen LogP contribution in [0.15, 0.2) is 53.4 Å². The molecule has 0 spiro atoms. The van der Waals surface area contributed by atoms with Crippen molar-refractivity contribution in [1.82, 2.24) is 3.82 Å². The molecule has 0 saturated heterocycles. The van der Waals surface area contributed by atoms with Crippen LogP contribution >= 0.6 is 11.8 Å².